The molecule has 1 heterocycles. The molecule has 1 aliphatic heterocycles. The summed E-state index contributed by atoms with van der Waals surface area (Å²) in [7, 11) is 0. The van der Waals surface area contributed by atoms with E-state index >= 15 is 0 Å². The molecule has 48 heavy (non-hydrogen) atoms. The minimum atomic E-state index is -4.44. The summed E-state index contributed by atoms with van der Waals surface area (Å²) in [4.78, 5) is 14.7. The fraction of sp³-hybridized carbons (Fsp3) is 0.513. The van der Waals surface area contributed by atoms with Gasteiger partial charge in [-0.1, -0.05) is 77.1 Å². The van der Waals surface area contributed by atoms with E-state index in [9.17, 15) is 31.1 Å². The minimum absolute atomic E-state index is 0.0360. The summed E-state index contributed by atoms with van der Waals surface area (Å²) in [6.07, 6.45) is -5.34. The molecule has 2 unspecified atom stereocenters. The zero-order valence-electron chi connectivity index (χ0n) is 28.8. The minimum Gasteiger partial charge on any atom is -0.466 e. The third kappa shape index (κ3) is 12.0. The number of esters is 1. The second-order valence-corrected chi connectivity index (χ2v) is 13.7. The number of carbonyl (C=O) groups excluding carboxylic acids is 1. The second kappa shape index (κ2) is 17.4. The number of piperidine rings is 1. The summed E-state index contributed by atoms with van der Waals surface area (Å²) >= 11 is 0. The second-order valence-electron chi connectivity index (χ2n) is 13.7. The molecule has 0 spiro atoms. The zero-order valence-corrected chi connectivity index (χ0v) is 28.8. The van der Waals surface area contributed by atoms with E-state index in [1.54, 1.807) is 19.1 Å². The third-order valence-corrected chi connectivity index (χ3v) is 8.22. The number of ether oxygens (including phenoxy) is 1. The van der Waals surface area contributed by atoms with Crippen LogP contribution < -0.4 is 0 Å². The van der Waals surface area contributed by atoms with Crippen molar-refractivity contribution < 1.29 is 35.9 Å². The average Bonchev–Trinajstić information content (AvgIpc) is 3.00. The van der Waals surface area contributed by atoms with Crippen LogP contribution in [-0.2, 0) is 28.3 Å². The van der Waals surface area contributed by atoms with E-state index in [-0.39, 0.29) is 31.0 Å². The van der Waals surface area contributed by atoms with E-state index in [2.05, 4.69) is 39.5 Å². The lowest BCUT2D eigenvalue weighted by Gasteiger charge is -2.39. The van der Waals surface area contributed by atoms with E-state index in [1.807, 2.05) is 18.2 Å². The van der Waals surface area contributed by atoms with E-state index in [0.29, 0.717) is 29.2 Å². The number of rotatable bonds is 10. The third-order valence-electron chi connectivity index (χ3n) is 8.22. The fourth-order valence-electron chi connectivity index (χ4n) is 5.96. The Hall–Kier alpha value is -3.33. The molecule has 4 rings (SSSR count). The van der Waals surface area contributed by atoms with Crippen LogP contribution in [0.5, 0.6) is 0 Å². The Labute approximate surface area is 281 Å². The van der Waals surface area contributed by atoms with Gasteiger partial charge in [0.15, 0.2) is 0 Å². The zero-order chi connectivity index (χ0) is 35.6. The molecule has 0 aromatic heterocycles. The van der Waals surface area contributed by atoms with Crippen LogP contribution in [0.2, 0.25) is 0 Å². The highest BCUT2D eigenvalue weighted by molar-refractivity contribution is 5.74. The van der Waals surface area contributed by atoms with Crippen molar-refractivity contribution in [3.05, 3.63) is 94.5 Å². The smallest absolute Gasteiger partial charge is 0.416 e. The number of benzene rings is 3. The first-order valence-electron chi connectivity index (χ1n) is 16.9. The molecule has 1 saturated heterocycles. The molecule has 0 bridgehead atoms. The first kappa shape index (κ1) is 39.1. The SMILES string of the molecule is CC(C)C.CCOC(=O)Cc1cc(-c2ccc(C(F)(F)F)cc2)cc(C2CCCN(C(CCC(C)C)c3ccc(C(F)(F)F)cc3)C2)c1. The van der Waals surface area contributed by atoms with Gasteiger partial charge in [-0.3, -0.25) is 9.69 Å². The van der Waals surface area contributed by atoms with E-state index < -0.39 is 23.5 Å². The molecule has 3 nitrogen and oxygen atoms in total. The number of carbonyl (C=O) groups is 1. The molecule has 2 atom stereocenters. The Bertz CT molecular complexity index is 1430. The quantitative estimate of drug-likeness (QED) is 0.158. The lowest BCUT2D eigenvalue weighted by molar-refractivity contribution is -0.142. The van der Waals surface area contributed by atoms with E-state index in [1.165, 1.54) is 12.1 Å². The molecule has 1 aliphatic rings. The van der Waals surface area contributed by atoms with E-state index in [4.69, 9.17) is 4.74 Å². The molecule has 0 amide bonds. The van der Waals surface area contributed by atoms with Gasteiger partial charge in [-0.2, -0.15) is 26.3 Å². The molecule has 0 aliphatic carbocycles. The average molecular weight is 678 g/mol. The van der Waals surface area contributed by atoms with Crippen LogP contribution in [0, 0.1) is 11.8 Å². The van der Waals surface area contributed by atoms with E-state index in [0.717, 1.165) is 73.5 Å². The summed E-state index contributed by atoms with van der Waals surface area (Å²) < 4.78 is 84.5. The highest BCUT2D eigenvalue weighted by atomic mass is 19.4. The Morgan fingerprint density at radius 2 is 1.38 bits per heavy atom. The van der Waals surface area contributed by atoms with Crippen LogP contribution in [-0.4, -0.2) is 30.6 Å². The molecule has 3 aromatic rings. The standard InChI is InChI=1S/C35H39F6NO2.C4H10/c1-4-44-33(43)20-24-18-28(25-8-12-30(13-9-25)34(36,37)38)21-29(19-24)27-6-5-17-42(22-27)32(16-7-23(2)3)26-10-14-31(15-11-26)35(39,40)41;1-4(2)3/h8-15,18-19,21,23,27,32H,4-7,16-17,20,22H2,1-3H3;4H,1-3H3. The molecule has 0 saturated carbocycles. The van der Waals surface area contributed by atoms with Crippen molar-refractivity contribution in [3.8, 4) is 11.1 Å². The predicted octanol–water partition coefficient (Wildman–Crippen LogP) is 11.5. The highest BCUT2D eigenvalue weighted by Gasteiger charge is 2.33. The van der Waals surface area contributed by atoms with Gasteiger partial charge in [-0.25, -0.2) is 0 Å². The molecule has 1 fully saturated rings. The van der Waals surface area contributed by atoms with Gasteiger partial charge in [-0.15, -0.1) is 0 Å². The topological polar surface area (TPSA) is 29.5 Å². The normalized spacial score (nSPS) is 16.4. The van der Waals surface area contributed by atoms with Crippen molar-refractivity contribution in [3.63, 3.8) is 0 Å². The first-order chi connectivity index (χ1) is 22.5. The summed E-state index contributed by atoms with van der Waals surface area (Å²) in [6, 6.07) is 16.2. The maximum atomic E-state index is 13.3. The molecular formula is C39H49F6NO2. The van der Waals surface area contributed by atoms with Crippen LogP contribution in [0.3, 0.4) is 0 Å². The van der Waals surface area contributed by atoms with Crippen LogP contribution in [0.25, 0.3) is 11.1 Å². The van der Waals surface area contributed by atoms with Gasteiger partial charge < -0.3 is 4.74 Å². The molecule has 264 valence electrons. The van der Waals surface area contributed by atoms with Crippen molar-refractivity contribution in [1.82, 2.24) is 4.90 Å². The number of halogens is 6. The molecule has 3 aromatic carbocycles. The van der Waals surface area contributed by atoms with Crippen molar-refractivity contribution in [2.24, 2.45) is 11.8 Å². The molecule has 0 N–H and O–H groups in total. The van der Waals surface area contributed by atoms with Gasteiger partial charge in [0, 0.05) is 12.6 Å². The van der Waals surface area contributed by atoms with Crippen molar-refractivity contribution in [2.75, 3.05) is 19.7 Å². The van der Waals surface area contributed by atoms with Crippen LogP contribution in [0.4, 0.5) is 26.3 Å². The Morgan fingerprint density at radius 3 is 1.90 bits per heavy atom. The molecule has 9 heteroatoms. The summed E-state index contributed by atoms with van der Waals surface area (Å²) in [5.74, 6) is 0.942. The monoisotopic (exact) mass is 677 g/mol. The lowest BCUT2D eigenvalue weighted by Crippen LogP contribution is -2.37. The maximum Gasteiger partial charge on any atom is 0.416 e. The lowest BCUT2D eigenvalue weighted by atomic mass is 9.85. The van der Waals surface area contributed by atoms with Gasteiger partial charge >= 0.3 is 18.3 Å². The van der Waals surface area contributed by atoms with Crippen LogP contribution in [0.1, 0.15) is 107 Å². The van der Waals surface area contributed by atoms with Gasteiger partial charge in [0.05, 0.1) is 24.2 Å². The highest BCUT2D eigenvalue weighted by Crippen LogP contribution is 2.38. The van der Waals surface area contributed by atoms with Gasteiger partial charge in [-0.05, 0) is 109 Å². The van der Waals surface area contributed by atoms with Crippen molar-refractivity contribution in [2.45, 2.75) is 98.0 Å². The van der Waals surface area contributed by atoms with Crippen molar-refractivity contribution in [1.29, 1.82) is 0 Å². The summed E-state index contributed by atoms with van der Waals surface area (Å²) in [6.45, 7) is 14.2. The Balaban J connectivity index is 0.00000148. The summed E-state index contributed by atoms with van der Waals surface area (Å²) in [5, 5.41) is 0. The van der Waals surface area contributed by atoms with Crippen LogP contribution >= 0.6 is 0 Å². The maximum absolute atomic E-state index is 13.3. The first-order valence-corrected chi connectivity index (χ1v) is 16.9. The largest absolute Gasteiger partial charge is 0.466 e. The van der Waals surface area contributed by atoms with Gasteiger partial charge in [0.1, 0.15) is 0 Å². The molecular weight excluding hydrogens is 628 g/mol. The fourth-order valence-corrected chi connectivity index (χ4v) is 5.96. The Kier molecular flexibility index (Phi) is 14.1. The molecule has 0 radical (unpaired) electrons. The van der Waals surface area contributed by atoms with Crippen molar-refractivity contribution >= 4 is 5.97 Å². The van der Waals surface area contributed by atoms with Gasteiger partial charge in [0.2, 0.25) is 0 Å². The predicted molar refractivity (Wildman–Crippen MR) is 180 cm³/mol. The Morgan fingerprint density at radius 1 is 0.812 bits per heavy atom. The summed E-state index contributed by atoms with van der Waals surface area (Å²) in [5.41, 5.74) is 2.45. The number of likely N-dealkylation sites (tertiary alicyclic amines) is 1. The number of nitrogens with zero attached hydrogens (tertiary/aromatic N) is 1. The van der Waals surface area contributed by atoms with Gasteiger partial charge in [0.25, 0.3) is 0 Å². The number of hydrogen-bond donors (Lipinski definition) is 0. The number of hydrogen-bond acceptors (Lipinski definition) is 3. The van der Waals surface area contributed by atoms with Crippen LogP contribution in [0.15, 0.2) is 66.7 Å². The number of alkyl halides is 6.